The molecule has 0 unspecified atom stereocenters. The van der Waals surface area contributed by atoms with Gasteiger partial charge in [-0.15, -0.1) is 0 Å². The number of nitrogens with one attached hydrogen (secondary N) is 1. The van der Waals surface area contributed by atoms with Crippen molar-refractivity contribution in [2.24, 2.45) is 0 Å². The predicted molar refractivity (Wildman–Crippen MR) is 82.1 cm³/mol. The summed E-state index contributed by atoms with van der Waals surface area (Å²) in [5, 5.41) is 3.29. The molecule has 0 radical (unpaired) electrons. The van der Waals surface area contributed by atoms with Gasteiger partial charge >= 0.3 is 0 Å². The SMILES string of the molecule is CCOc1ccc(C(=O)N2CCNC[C@@H]2C)cc1OCC. The fraction of sp³-hybridized carbons (Fsp3) is 0.562. The minimum Gasteiger partial charge on any atom is -0.490 e. The number of rotatable bonds is 5. The normalized spacial score (nSPS) is 18.4. The molecule has 5 nitrogen and oxygen atoms in total. The number of hydrogen-bond acceptors (Lipinski definition) is 4. The van der Waals surface area contributed by atoms with Crippen molar-refractivity contribution in [1.29, 1.82) is 0 Å². The molecule has 0 bridgehead atoms. The number of ether oxygens (including phenoxy) is 2. The van der Waals surface area contributed by atoms with Gasteiger partial charge < -0.3 is 19.7 Å². The fourth-order valence-electron chi connectivity index (χ4n) is 2.49. The van der Waals surface area contributed by atoms with Crippen LogP contribution in [0.5, 0.6) is 11.5 Å². The van der Waals surface area contributed by atoms with Gasteiger partial charge in [-0.05, 0) is 39.0 Å². The second kappa shape index (κ2) is 7.31. The van der Waals surface area contributed by atoms with Crippen molar-refractivity contribution in [2.45, 2.75) is 26.8 Å². The summed E-state index contributed by atoms with van der Waals surface area (Å²) >= 11 is 0. The van der Waals surface area contributed by atoms with E-state index in [1.807, 2.05) is 30.9 Å². The first-order valence-electron chi connectivity index (χ1n) is 7.58. The van der Waals surface area contributed by atoms with Crippen LogP contribution in [0.2, 0.25) is 0 Å². The summed E-state index contributed by atoms with van der Waals surface area (Å²) in [5.41, 5.74) is 0.649. The van der Waals surface area contributed by atoms with Gasteiger partial charge in [-0.25, -0.2) is 0 Å². The van der Waals surface area contributed by atoms with Gasteiger partial charge in [0.25, 0.3) is 5.91 Å². The largest absolute Gasteiger partial charge is 0.490 e. The molecule has 0 aromatic heterocycles. The molecule has 1 aliphatic heterocycles. The van der Waals surface area contributed by atoms with Crippen molar-refractivity contribution in [2.75, 3.05) is 32.8 Å². The highest BCUT2D eigenvalue weighted by Crippen LogP contribution is 2.29. The number of carbonyl (C=O) groups is 1. The van der Waals surface area contributed by atoms with E-state index in [0.717, 1.165) is 19.6 Å². The quantitative estimate of drug-likeness (QED) is 0.901. The molecule has 1 fully saturated rings. The van der Waals surface area contributed by atoms with E-state index in [1.54, 1.807) is 6.07 Å². The minimum atomic E-state index is 0.0491. The van der Waals surface area contributed by atoms with Gasteiger partial charge in [-0.2, -0.15) is 0 Å². The zero-order valence-electron chi connectivity index (χ0n) is 13.0. The molecule has 1 aromatic rings. The summed E-state index contributed by atoms with van der Waals surface area (Å²) < 4.78 is 11.1. The third kappa shape index (κ3) is 3.67. The van der Waals surface area contributed by atoms with Gasteiger partial charge in [0.2, 0.25) is 0 Å². The van der Waals surface area contributed by atoms with Crippen molar-refractivity contribution in [3.05, 3.63) is 23.8 Å². The molecule has 1 heterocycles. The molecule has 1 N–H and O–H groups in total. The minimum absolute atomic E-state index is 0.0491. The smallest absolute Gasteiger partial charge is 0.254 e. The van der Waals surface area contributed by atoms with Crippen LogP contribution in [0.3, 0.4) is 0 Å². The molecule has 2 rings (SSSR count). The standard InChI is InChI=1S/C16H24N2O3/c1-4-20-14-7-6-13(10-15(14)21-5-2)16(19)18-9-8-17-11-12(18)3/h6-7,10,12,17H,4-5,8-9,11H2,1-3H3/t12-/m0/s1. The van der Waals surface area contributed by atoms with Gasteiger partial charge in [0, 0.05) is 31.2 Å². The second-order valence-corrected chi connectivity index (χ2v) is 5.08. The summed E-state index contributed by atoms with van der Waals surface area (Å²) in [6, 6.07) is 5.61. The summed E-state index contributed by atoms with van der Waals surface area (Å²) in [7, 11) is 0. The molecular formula is C16H24N2O3. The van der Waals surface area contributed by atoms with Crippen molar-refractivity contribution < 1.29 is 14.3 Å². The summed E-state index contributed by atoms with van der Waals surface area (Å²) in [4.78, 5) is 14.5. The van der Waals surface area contributed by atoms with Crippen LogP contribution in [0, 0.1) is 0 Å². The van der Waals surface area contributed by atoms with Crippen molar-refractivity contribution >= 4 is 5.91 Å². The molecule has 1 amide bonds. The van der Waals surface area contributed by atoms with Gasteiger partial charge in [0.05, 0.1) is 13.2 Å². The van der Waals surface area contributed by atoms with Crippen LogP contribution in [0.1, 0.15) is 31.1 Å². The van der Waals surface area contributed by atoms with Gasteiger partial charge in [0.1, 0.15) is 0 Å². The number of hydrogen-bond donors (Lipinski definition) is 1. The number of benzene rings is 1. The molecular weight excluding hydrogens is 268 g/mol. The Morgan fingerprint density at radius 3 is 2.67 bits per heavy atom. The van der Waals surface area contributed by atoms with E-state index in [2.05, 4.69) is 12.2 Å². The monoisotopic (exact) mass is 292 g/mol. The lowest BCUT2D eigenvalue weighted by Crippen LogP contribution is -2.52. The lowest BCUT2D eigenvalue weighted by molar-refractivity contribution is 0.0655. The first-order chi connectivity index (χ1) is 10.2. The maximum absolute atomic E-state index is 12.6. The number of amides is 1. The number of carbonyl (C=O) groups excluding carboxylic acids is 1. The Kier molecular flexibility index (Phi) is 5.44. The molecule has 5 heteroatoms. The second-order valence-electron chi connectivity index (χ2n) is 5.08. The topological polar surface area (TPSA) is 50.8 Å². The Morgan fingerprint density at radius 1 is 1.29 bits per heavy atom. The Bertz CT molecular complexity index is 490. The average Bonchev–Trinajstić information content (AvgIpc) is 2.49. The van der Waals surface area contributed by atoms with Gasteiger partial charge in [0.15, 0.2) is 11.5 Å². The van der Waals surface area contributed by atoms with Crippen LogP contribution in [0.4, 0.5) is 0 Å². The fourth-order valence-corrected chi connectivity index (χ4v) is 2.49. The highest BCUT2D eigenvalue weighted by Gasteiger charge is 2.24. The Labute approximate surface area is 126 Å². The summed E-state index contributed by atoms with van der Waals surface area (Å²) in [5.74, 6) is 1.37. The lowest BCUT2D eigenvalue weighted by atomic mass is 10.1. The molecule has 0 saturated carbocycles. The highest BCUT2D eigenvalue weighted by molar-refractivity contribution is 5.95. The van der Waals surface area contributed by atoms with Crippen LogP contribution in [-0.4, -0.2) is 49.7 Å². The summed E-state index contributed by atoms with van der Waals surface area (Å²) in [6.07, 6.45) is 0. The maximum Gasteiger partial charge on any atom is 0.254 e. The number of nitrogens with zero attached hydrogens (tertiary/aromatic N) is 1. The van der Waals surface area contributed by atoms with E-state index in [-0.39, 0.29) is 11.9 Å². The van der Waals surface area contributed by atoms with Gasteiger partial charge in [-0.1, -0.05) is 0 Å². The third-order valence-electron chi connectivity index (χ3n) is 3.55. The number of piperazine rings is 1. The highest BCUT2D eigenvalue weighted by atomic mass is 16.5. The molecule has 1 saturated heterocycles. The van der Waals surface area contributed by atoms with E-state index in [4.69, 9.17) is 9.47 Å². The van der Waals surface area contributed by atoms with E-state index in [0.29, 0.717) is 30.3 Å². The van der Waals surface area contributed by atoms with Crippen LogP contribution in [-0.2, 0) is 0 Å². The zero-order chi connectivity index (χ0) is 15.2. The lowest BCUT2D eigenvalue weighted by Gasteiger charge is -2.34. The zero-order valence-corrected chi connectivity index (χ0v) is 13.0. The molecule has 116 valence electrons. The van der Waals surface area contributed by atoms with Crippen molar-refractivity contribution in [3.8, 4) is 11.5 Å². The average molecular weight is 292 g/mol. The van der Waals surface area contributed by atoms with Crippen LogP contribution in [0.25, 0.3) is 0 Å². The maximum atomic E-state index is 12.6. The van der Waals surface area contributed by atoms with E-state index < -0.39 is 0 Å². The van der Waals surface area contributed by atoms with Crippen LogP contribution in [0.15, 0.2) is 18.2 Å². The van der Waals surface area contributed by atoms with E-state index in [1.165, 1.54) is 0 Å². The Balaban J connectivity index is 2.22. The molecule has 0 aliphatic carbocycles. The molecule has 1 aliphatic rings. The molecule has 21 heavy (non-hydrogen) atoms. The van der Waals surface area contributed by atoms with E-state index in [9.17, 15) is 4.79 Å². The molecule has 1 aromatic carbocycles. The summed E-state index contributed by atoms with van der Waals surface area (Å²) in [6.45, 7) is 9.43. The van der Waals surface area contributed by atoms with Gasteiger partial charge in [-0.3, -0.25) is 4.79 Å². The van der Waals surface area contributed by atoms with Crippen molar-refractivity contribution in [3.63, 3.8) is 0 Å². The van der Waals surface area contributed by atoms with Crippen LogP contribution >= 0.6 is 0 Å². The molecule has 0 spiro atoms. The Morgan fingerprint density at radius 2 is 2.00 bits per heavy atom. The van der Waals surface area contributed by atoms with Crippen molar-refractivity contribution in [1.82, 2.24) is 10.2 Å². The molecule has 1 atom stereocenters. The predicted octanol–water partition coefficient (Wildman–Crippen LogP) is 1.92. The third-order valence-corrected chi connectivity index (χ3v) is 3.55. The Hall–Kier alpha value is -1.75. The van der Waals surface area contributed by atoms with Crippen LogP contribution < -0.4 is 14.8 Å². The van der Waals surface area contributed by atoms with E-state index >= 15 is 0 Å². The first-order valence-corrected chi connectivity index (χ1v) is 7.58. The first kappa shape index (κ1) is 15.6.